The number of hydrogen-bond acceptors (Lipinski definition) is 10. The van der Waals surface area contributed by atoms with Gasteiger partial charge in [-0.1, -0.05) is 24.3 Å². The molecule has 13 nitrogen and oxygen atoms in total. The SMILES string of the molecule is COc1cccc(C(CCN2CCC(C(=O)c3nc4ccccc4n3CCOCC(F)(F)F)CC2)CN(C)C(=O)c2cc(-n3cnnn3)ccc2OC)c1. The van der Waals surface area contributed by atoms with Crippen LogP contribution >= 0.6 is 0 Å². The number of halogens is 3. The van der Waals surface area contributed by atoms with Gasteiger partial charge in [-0.25, -0.2) is 9.67 Å². The van der Waals surface area contributed by atoms with E-state index in [0.717, 1.165) is 24.3 Å². The molecular formula is C38H43F3N8O5. The van der Waals surface area contributed by atoms with Crippen molar-refractivity contribution in [3.05, 3.63) is 90.0 Å². The topological polar surface area (TPSA) is 130 Å². The number of carbonyl (C=O) groups excluding carboxylic acids is 2. The average Bonchev–Trinajstić information content (AvgIpc) is 3.86. The third-order valence-electron chi connectivity index (χ3n) is 9.79. The number of tetrazole rings is 1. The molecule has 1 aliphatic rings. The van der Waals surface area contributed by atoms with Gasteiger partial charge in [0.05, 0.1) is 43.1 Å². The molecule has 2 aromatic heterocycles. The van der Waals surface area contributed by atoms with Crippen LogP contribution in [0.25, 0.3) is 16.7 Å². The molecule has 54 heavy (non-hydrogen) atoms. The summed E-state index contributed by atoms with van der Waals surface area (Å²) in [5.41, 5.74) is 3.33. The maximum Gasteiger partial charge on any atom is 0.411 e. The highest BCUT2D eigenvalue weighted by molar-refractivity contribution is 5.98. The quantitative estimate of drug-likeness (QED) is 0.0950. The molecule has 0 saturated carbocycles. The minimum atomic E-state index is -4.43. The van der Waals surface area contributed by atoms with Gasteiger partial charge in [0, 0.05) is 32.0 Å². The number of rotatable bonds is 16. The minimum absolute atomic E-state index is 0.0402. The molecule has 3 heterocycles. The summed E-state index contributed by atoms with van der Waals surface area (Å²) in [5.74, 6) is 0.758. The predicted molar refractivity (Wildman–Crippen MR) is 193 cm³/mol. The van der Waals surface area contributed by atoms with Crippen LogP contribution in [0.1, 0.15) is 51.7 Å². The number of para-hydroxylation sites is 2. The number of amides is 1. The van der Waals surface area contributed by atoms with Gasteiger partial charge >= 0.3 is 6.18 Å². The lowest BCUT2D eigenvalue weighted by Crippen LogP contribution is -2.39. The molecule has 1 amide bonds. The van der Waals surface area contributed by atoms with Crippen molar-refractivity contribution in [2.24, 2.45) is 5.92 Å². The zero-order valence-corrected chi connectivity index (χ0v) is 30.4. The van der Waals surface area contributed by atoms with Gasteiger partial charge in [-0.15, -0.1) is 5.10 Å². The molecule has 1 unspecified atom stereocenters. The first-order valence-electron chi connectivity index (χ1n) is 17.7. The minimum Gasteiger partial charge on any atom is -0.497 e. The third kappa shape index (κ3) is 9.23. The molecule has 1 saturated heterocycles. The summed E-state index contributed by atoms with van der Waals surface area (Å²) in [6, 6.07) is 20.3. The maximum absolute atomic E-state index is 13.9. The van der Waals surface area contributed by atoms with E-state index >= 15 is 0 Å². The average molecular weight is 749 g/mol. The van der Waals surface area contributed by atoms with Gasteiger partial charge < -0.3 is 28.6 Å². The van der Waals surface area contributed by atoms with Crippen molar-refractivity contribution in [3.63, 3.8) is 0 Å². The van der Waals surface area contributed by atoms with E-state index in [1.807, 2.05) is 36.4 Å². The van der Waals surface area contributed by atoms with E-state index in [1.54, 1.807) is 54.0 Å². The fourth-order valence-electron chi connectivity index (χ4n) is 6.94. The van der Waals surface area contributed by atoms with Crippen molar-refractivity contribution in [1.82, 2.24) is 39.6 Å². The summed E-state index contributed by atoms with van der Waals surface area (Å²) in [4.78, 5) is 36.4. The molecular weight excluding hydrogens is 705 g/mol. The number of benzene rings is 3. The Bertz CT molecular complexity index is 2030. The number of ketones is 1. The largest absolute Gasteiger partial charge is 0.497 e. The van der Waals surface area contributed by atoms with Crippen LogP contribution in [0.4, 0.5) is 13.2 Å². The predicted octanol–water partition coefficient (Wildman–Crippen LogP) is 5.45. The number of carbonyl (C=O) groups is 2. The molecule has 1 fully saturated rings. The number of ether oxygens (including phenoxy) is 3. The lowest BCUT2D eigenvalue weighted by atomic mass is 9.90. The maximum atomic E-state index is 13.9. The Kier molecular flexibility index (Phi) is 12.2. The number of imidazole rings is 1. The van der Waals surface area contributed by atoms with E-state index in [4.69, 9.17) is 14.2 Å². The molecule has 5 aromatic rings. The first-order valence-corrected chi connectivity index (χ1v) is 17.7. The summed E-state index contributed by atoms with van der Waals surface area (Å²) in [7, 11) is 4.91. The summed E-state index contributed by atoms with van der Waals surface area (Å²) in [6.45, 7) is 1.06. The van der Waals surface area contributed by atoms with Gasteiger partial charge in [0.15, 0.2) is 5.82 Å². The van der Waals surface area contributed by atoms with E-state index in [0.29, 0.717) is 60.5 Å². The number of fused-ring (bicyclic) bond motifs is 1. The summed E-state index contributed by atoms with van der Waals surface area (Å²) >= 11 is 0. The van der Waals surface area contributed by atoms with E-state index in [2.05, 4.69) is 25.4 Å². The van der Waals surface area contributed by atoms with Crippen LogP contribution in [-0.4, -0.2) is 118 Å². The molecule has 0 N–H and O–H groups in total. The Balaban J connectivity index is 1.11. The monoisotopic (exact) mass is 748 g/mol. The molecule has 16 heteroatoms. The number of alkyl halides is 3. The molecule has 0 bridgehead atoms. The van der Waals surface area contributed by atoms with Crippen LogP contribution in [0.15, 0.2) is 73.1 Å². The Hall–Kier alpha value is -5.35. The van der Waals surface area contributed by atoms with Crippen LogP contribution in [0, 0.1) is 5.92 Å². The Morgan fingerprint density at radius 3 is 2.50 bits per heavy atom. The van der Waals surface area contributed by atoms with E-state index in [-0.39, 0.29) is 42.5 Å². The third-order valence-corrected chi connectivity index (χ3v) is 9.79. The molecule has 6 rings (SSSR count). The van der Waals surface area contributed by atoms with Crippen molar-refractivity contribution in [2.45, 2.75) is 37.9 Å². The van der Waals surface area contributed by atoms with Crippen LogP contribution in [-0.2, 0) is 11.3 Å². The van der Waals surface area contributed by atoms with Crippen molar-refractivity contribution in [1.29, 1.82) is 0 Å². The molecule has 0 spiro atoms. The van der Waals surface area contributed by atoms with E-state index in [1.165, 1.54) is 18.1 Å². The summed E-state index contributed by atoms with van der Waals surface area (Å²) in [6.07, 6.45) is -1.00. The van der Waals surface area contributed by atoms with Gasteiger partial charge in [0.1, 0.15) is 24.4 Å². The first kappa shape index (κ1) is 38.4. The van der Waals surface area contributed by atoms with E-state index < -0.39 is 12.8 Å². The van der Waals surface area contributed by atoms with Crippen molar-refractivity contribution in [3.8, 4) is 17.2 Å². The number of Topliss-reactive ketones (excluding diaryl/α,β-unsaturated/α-hetero) is 1. The zero-order valence-electron chi connectivity index (χ0n) is 30.4. The molecule has 1 aliphatic heterocycles. The number of methoxy groups -OCH3 is 2. The van der Waals surface area contributed by atoms with Gasteiger partial charge in [-0.05, 0) is 97.4 Å². The van der Waals surface area contributed by atoms with Crippen LogP contribution in [0.2, 0.25) is 0 Å². The molecule has 3 aromatic carbocycles. The normalized spacial score (nSPS) is 14.6. The van der Waals surface area contributed by atoms with Gasteiger partial charge in [0.25, 0.3) is 5.91 Å². The fourth-order valence-corrected chi connectivity index (χ4v) is 6.94. The summed E-state index contributed by atoms with van der Waals surface area (Å²) < 4.78 is 57.1. The lowest BCUT2D eigenvalue weighted by Gasteiger charge is -2.33. The molecule has 0 aliphatic carbocycles. The number of hydrogen-bond donors (Lipinski definition) is 0. The van der Waals surface area contributed by atoms with Crippen LogP contribution in [0.3, 0.4) is 0 Å². The van der Waals surface area contributed by atoms with Crippen molar-refractivity contribution in [2.75, 3.05) is 60.7 Å². The second-order valence-electron chi connectivity index (χ2n) is 13.3. The highest BCUT2D eigenvalue weighted by Crippen LogP contribution is 2.30. The smallest absolute Gasteiger partial charge is 0.411 e. The first-order chi connectivity index (χ1) is 26.0. The van der Waals surface area contributed by atoms with Crippen LogP contribution in [0.5, 0.6) is 11.5 Å². The molecule has 286 valence electrons. The number of piperidine rings is 1. The Morgan fingerprint density at radius 2 is 1.78 bits per heavy atom. The number of likely N-dealkylation sites (N-methyl/N-ethyl adjacent to an activating group) is 1. The van der Waals surface area contributed by atoms with Gasteiger partial charge in [0.2, 0.25) is 5.78 Å². The number of nitrogens with zero attached hydrogens (tertiary/aromatic N) is 8. The Morgan fingerprint density at radius 1 is 0.981 bits per heavy atom. The van der Waals surface area contributed by atoms with Crippen molar-refractivity contribution < 1.29 is 37.0 Å². The highest BCUT2D eigenvalue weighted by atomic mass is 19.4. The lowest BCUT2D eigenvalue weighted by molar-refractivity contribution is -0.174. The highest BCUT2D eigenvalue weighted by Gasteiger charge is 2.31. The van der Waals surface area contributed by atoms with Crippen LogP contribution < -0.4 is 9.47 Å². The zero-order chi connectivity index (χ0) is 38.2. The number of aromatic nitrogens is 6. The molecule has 0 radical (unpaired) electrons. The second kappa shape index (κ2) is 17.2. The van der Waals surface area contributed by atoms with Gasteiger partial charge in [-0.3, -0.25) is 9.59 Å². The fraction of sp³-hybridized carbons (Fsp3) is 0.421. The van der Waals surface area contributed by atoms with Gasteiger partial charge in [-0.2, -0.15) is 13.2 Å². The van der Waals surface area contributed by atoms with Crippen molar-refractivity contribution >= 4 is 22.7 Å². The standard InChI is InChI=1S/C38H43F3N8O5/c1-46(37(51)31-22-29(11-12-34(31)53-3)49-25-42-44-45-49)23-28(27-7-6-8-30(21-27)52-2)15-18-47-16-13-26(14-17-47)35(50)36-43-32-9-4-5-10-33(32)48(36)19-20-54-24-38(39,40)41/h4-12,21-22,25-26,28H,13-20,23-24H2,1-3H3. The summed E-state index contributed by atoms with van der Waals surface area (Å²) in [5, 5.41) is 11.3. The Labute approximate surface area is 310 Å². The number of likely N-dealkylation sites (tertiary alicyclic amines) is 1. The van der Waals surface area contributed by atoms with E-state index in [9.17, 15) is 22.8 Å². The second-order valence-corrected chi connectivity index (χ2v) is 13.3. The molecule has 1 atom stereocenters.